The van der Waals surface area contributed by atoms with Crippen LogP contribution in [0.1, 0.15) is 36.2 Å². The van der Waals surface area contributed by atoms with Gasteiger partial charge in [-0.05, 0) is 58.3 Å². The molecule has 108 valence electrons. The summed E-state index contributed by atoms with van der Waals surface area (Å²) >= 11 is 0. The average molecular weight is 264 g/mol. The molecular weight excluding hydrogens is 236 g/mol. The van der Waals surface area contributed by atoms with Crippen molar-refractivity contribution in [1.29, 1.82) is 0 Å². The predicted octanol–water partition coefficient (Wildman–Crippen LogP) is 1.65. The highest BCUT2D eigenvalue weighted by atomic mass is 15.3. The number of hydrogen-bond acceptors (Lipinski definition) is 3. The molecule has 0 radical (unpaired) electrons. The van der Waals surface area contributed by atoms with E-state index in [1.165, 1.54) is 55.8 Å². The average Bonchev–Trinajstić information content (AvgIpc) is 2.65. The first kappa shape index (κ1) is 14.5. The van der Waals surface area contributed by atoms with Gasteiger partial charge in [-0.15, -0.1) is 0 Å². The van der Waals surface area contributed by atoms with E-state index in [1.54, 1.807) is 0 Å². The van der Waals surface area contributed by atoms with Crippen LogP contribution in [0.5, 0.6) is 0 Å². The van der Waals surface area contributed by atoms with Crippen LogP contribution in [0.4, 0.5) is 0 Å². The van der Waals surface area contributed by atoms with Crippen LogP contribution >= 0.6 is 0 Å². The molecule has 19 heavy (non-hydrogen) atoms. The van der Waals surface area contributed by atoms with Gasteiger partial charge in [-0.25, -0.2) is 0 Å². The smallest absolute Gasteiger partial charge is 0.0628 e. The zero-order valence-corrected chi connectivity index (χ0v) is 12.7. The summed E-state index contributed by atoms with van der Waals surface area (Å²) in [5.41, 5.74) is 3.89. The molecule has 1 fully saturated rings. The van der Waals surface area contributed by atoms with E-state index >= 15 is 0 Å². The summed E-state index contributed by atoms with van der Waals surface area (Å²) in [5.74, 6) is 0. The third-order valence-electron chi connectivity index (χ3n) is 4.26. The third-order valence-corrected chi connectivity index (χ3v) is 4.26. The van der Waals surface area contributed by atoms with E-state index in [4.69, 9.17) is 0 Å². The summed E-state index contributed by atoms with van der Waals surface area (Å²) < 4.78 is 1.98. The van der Waals surface area contributed by atoms with Crippen molar-refractivity contribution in [3.8, 4) is 0 Å². The molecule has 0 unspecified atom stereocenters. The van der Waals surface area contributed by atoms with Crippen molar-refractivity contribution in [1.82, 2.24) is 20.0 Å². The quantitative estimate of drug-likeness (QED) is 0.793. The number of likely N-dealkylation sites (tertiary alicyclic amines) is 1. The molecule has 1 aliphatic heterocycles. The molecule has 1 saturated heterocycles. The first-order chi connectivity index (χ1) is 9.18. The predicted molar refractivity (Wildman–Crippen MR) is 79.5 cm³/mol. The number of rotatable bonds is 6. The maximum atomic E-state index is 4.46. The zero-order valence-electron chi connectivity index (χ0n) is 12.7. The molecular formula is C15H28N4. The van der Waals surface area contributed by atoms with Crippen molar-refractivity contribution < 1.29 is 0 Å². The molecule has 1 N–H and O–H groups in total. The number of nitrogens with zero attached hydrogens (tertiary/aromatic N) is 3. The van der Waals surface area contributed by atoms with Gasteiger partial charge in [0.1, 0.15) is 0 Å². The Bertz CT molecular complexity index is 391. The van der Waals surface area contributed by atoms with Gasteiger partial charge in [0.15, 0.2) is 0 Å². The van der Waals surface area contributed by atoms with Gasteiger partial charge in [0, 0.05) is 25.8 Å². The van der Waals surface area contributed by atoms with E-state index in [1.807, 2.05) is 11.7 Å². The van der Waals surface area contributed by atoms with E-state index in [-0.39, 0.29) is 0 Å². The van der Waals surface area contributed by atoms with Crippen LogP contribution in [-0.2, 0) is 13.5 Å². The standard InChI is InChI=1S/C15H28N4/c1-13-15(14(2)18(3)17-13)7-8-16-9-12-19-10-5-4-6-11-19/h16H,4-12H2,1-3H3. The Morgan fingerprint density at radius 1 is 1.11 bits per heavy atom. The van der Waals surface area contributed by atoms with Gasteiger partial charge in [-0.1, -0.05) is 6.42 Å². The lowest BCUT2D eigenvalue weighted by atomic mass is 10.1. The zero-order chi connectivity index (χ0) is 13.7. The van der Waals surface area contributed by atoms with Crippen LogP contribution in [-0.4, -0.2) is 47.4 Å². The molecule has 0 amide bonds. The van der Waals surface area contributed by atoms with Crippen molar-refractivity contribution in [3.05, 3.63) is 17.0 Å². The van der Waals surface area contributed by atoms with Gasteiger partial charge in [-0.3, -0.25) is 4.68 Å². The summed E-state index contributed by atoms with van der Waals surface area (Å²) in [6, 6.07) is 0. The fourth-order valence-electron chi connectivity index (χ4n) is 2.94. The Kier molecular flexibility index (Phi) is 5.40. The Labute approximate surface area is 117 Å². The SMILES string of the molecule is Cc1nn(C)c(C)c1CCNCCN1CCCCC1. The van der Waals surface area contributed by atoms with Gasteiger partial charge in [0.05, 0.1) is 5.69 Å². The Hall–Kier alpha value is -0.870. The third kappa shape index (κ3) is 4.05. The van der Waals surface area contributed by atoms with E-state index < -0.39 is 0 Å². The monoisotopic (exact) mass is 264 g/mol. The number of nitrogens with one attached hydrogen (secondary N) is 1. The summed E-state index contributed by atoms with van der Waals surface area (Å²) in [5, 5.41) is 8.03. The molecule has 0 aliphatic carbocycles. The molecule has 0 aromatic carbocycles. The molecule has 0 spiro atoms. The number of hydrogen-bond donors (Lipinski definition) is 1. The van der Waals surface area contributed by atoms with Crippen LogP contribution in [0.25, 0.3) is 0 Å². The van der Waals surface area contributed by atoms with Crippen molar-refractivity contribution in [2.45, 2.75) is 39.5 Å². The highest BCUT2D eigenvalue weighted by Crippen LogP contribution is 2.11. The van der Waals surface area contributed by atoms with Gasteiger partial charge >= 0.3 is 0 Å². The van der Waals surface area contributed by atoms with E-state index in [0.29, 0.717) is 0 Å². The Morgan fingerprint density at radius 3 is 2.47 bits per heavy atom. The highest BCUT2D eigenvalue weighted by Gasteiger charge is 2.10. The van der Waals surface area contributed by atoms with Crippen LogP contribution in [0.2, 0.25) is 0 Å². The summed E-state index contributed by atoms with van der Waals surface area (Å²) in [6.45, 7) is 10.2. The fourth-order valence-corrected chi connectivity index (χ4v) is 2.94. The number of piperidine rings is 1. The Balaban J connectivity index is 1.63. The Morgan fingerprint density at radius 2 is 1.84 bits per heavy atom. The van der Waals surface area contributed by atoms with Crippen LogP contribution in [0, 0.1) is 13.8 Å². The van der Waals surface area contributed by atoms with Gasteiger partial charge in [0.2, 0.25) is 0 Å². The molecule has 1 aromatic heterocycles. The van der Waals surface area contributed by atoms with Crippen molar-refractivity contribution >= 4 is 0 Å². The van der Waals surface area contributed by atoms with Gasteiger partial charge in [0.25, 0.3) is 0 Å². The molecule has 0 bridgehead atoms. The second kappa shape index (κ2) is 7.06. The van der Waals surface area contributed by atoms with Crippen LogP contribution < -0.4 is 5.32 Å². The summed E-state index contributed by atoms with van der Waals surface area (Å²) in [4.78, 5) is 2.58. The minimum atomic E-state index is 1.06. The molecule has 1 aromatic rings. The van der Waals surface area contributed by atoms with Crippen LogP contribution in [0.3, 0.4) is 0 Å². The second-order valence-electron chi connectivity index (χ2n) is 5.68. The minimum Gasteiger partial charge on any atom is -0.315 e. The lowest BCUT2D eigenvalue weighted by Crippen LogP contribution is -2.36. The number of aromatic nitrogens is 2. The molecule has 0 atom stereocenters. The lowest BCUT2D eigenvalue weighted by Gasteiger charge is -2.26. The van der Waals surface area contributed by atoms with Crippen molar-refractivity contribution in [2.24, 2.45) is 7.05 Å². The molecule has 2 heterocycles. The van der Waals surface area contributed by atoms with Crippen molar-refractivity contribution in [3.63, 3.8) is 0 Å². The normalized spacial score (nSPS) is 17.0. The molecule has 4 heteroatoms. The second-order valence-corrected chi connectivity index (χ2v) is 5.68. The first-order valence-corrected chi connectivity index (χ1v) is 7.60. The van der Waals surface area contributed by atoms with Crippen LogP contribution in [0.15, 0.2) is 0 Å². The maximum absolute atomic E-state index is 4.46. The largest absolute Gasteiger partial charge is 0.315 e. The first-order valence-electron chi connectivity index (χ1n) is 7.60. The van der Waals surface area contributed by atoms with Crippen molar-refractivity contribution in [2.75, 3.05) is 32.7 Å². The molecule has 4 nitrogen and oxygen atoms in total. The summed E-state index contributed by atoms with van der Waals surface area (Å²) in [7, 11) is 2.02. The minimum absolute atomic E-state index is 1.06. The van der Waals surface area contributed by atoms with Gasteiger partial charge < -0.3 is 10.2 Å². The topological polar surface area (TPSA) is 33.1 Å². The van der Waals surface area contributed by atoms with E-state index in [2.05, 4.69) is 29.2 Å². The highest BCUT2D eigenvalue weighted by molar-refractivity contribution is 5.24. The lowest BCUT2D eigenvalue weighted by molar-refractivity contribution is 0.229. The van der Waals surface area contributed by atoms with E-state index in [0.717, 1.165) is 19.5 Å². The number of aryl methyl sites for hydroxylation is 2. The van der Waals surface area contributed by atoms with E-state index in [9.17, 15) is 0 Å². The molecule has 1 aliphatic rings. The van der Waals surface area contributed by atoms with Gasteiger partial charge in [-0.2, -0.15) is 5.10 Å². The summed E-state index contributed by atoms with van der Waals surface area (Å²) in [6.07, 6.45) is 5.27. The maximum Gasteiger partial charge on any atom is 0.0628 e. The molecule has 0 saturated carbocycles. The molecule has 2 rings (SSSR count). The fraction of sp³-hybridized carbons (Fsp3) is 0.800.